The van der Waals surface area contributed by atoms with Crippen molar-refractivity contribution in [2.75, 3.05) is 7.11 Å². The zero-order chi connectivity index (χ0) is 13.4. The molecule has 5 heteroatoms. The smallest absolute Gasteiger partial charge is 0.360 e. The predicted octanol–water partition coefficient (Wildman–Crippen LogP) is 2.38. The summed E-state index contributed by atoms with van der Waals surface area (Å²) in [6.45, 7) is 2.11. The van der Waals surface area contributed by atoms with Gasteiger partial charge in [-0.1, -0.05) is 25.0 Å². The number of aromatic nitrogens is 3. The Bertz CT molecular complexity index is 483. The van der Waals surface area contributed by atoms with Crippen LogP contribution in [-0.2, 0) is 11.2 Å². The van der Waals surface area contributed by atoms with E-state index in [4.69, 9.17) is 4.74 Å². The topological polar surface area (TPSA) is 57.0 Å². The second-order valence-electron chi connectivity index (χ2n) is 5.81. The van der Waals surface area contributed by atoms with E-state index in [1.54, 1.807) is 0 Å². The van der Waals surface area contributed by atoms with Crippen LogP contribution in [-0.4, -0.2) is 28.1 Å². The van der Waals surface area contributed by atoms with Gasteiger partial charge >= 0.3 is 5.97 Å². The summed E-state index contributed by atoms with van der Waals surface area (Å²) in [6, 6.07) is 0.450. The number of carbonyl (C=O) groups is 1. The molecular formula is C14H21N3O2. The zero-order valence-electron chi connectivity index (χ0n) is 11.6. The number of fused-ring (bicyclic) bond motifs is 2. The third kappa shape index (κ3) is 2.05. The van der Waals surface area contributed by atoms with Crippen LogP contribution in [0.3, 0.4) is 0 Å². The van der Waals surface area contributed by atoms with Gasteiger partial charge in [-0.25, -0.2) is 9.48 Å². The summed E-state index contributed by atoms with van der Waals surface area (Å²) in [6.07, 6.45) is 7.01. The molecular weight excluding hydrogens is 242 g/mol. The molecule has 1 aromatic rings. The highest BCUT2D eigenvalue weighted by Gasteiger charge is 2.42. The maximum atomic E-state index is 11.8. The largest absolute Gasteiger partial charge is 0.464 e. The van der Waals surface area contributed by atoms with Crippen LogP contribution in [0.2, 0.25) is 0 Å². The molecule has 1 heterocycles. The number of nitrogens with zero attached hydrogens (tertiary/aromatic N) is 3. The standard InChI is InChI=1S/C14H21N3O2/c1-3-4-11-13(14(18)19-2)15-16-17(11)12-8-9-5-6-10(12)7-9/h9-10,12H,3-8H2,1-2H3. The molecule has 2 saturated carbocycles. The fourth-order valence-electron chi connectivity index (χ4n) is 3.82. The molecule has 0 N–H and O–H groups in total. The van der Waals surface area contributed by atoms with Gasteiger partial charge in [-0.05, 0) is 37.5 Å². The van der Waals surface area contributed by atoms with Crippen LogP contribution in [0.25, 0.3) is 0 Å². The average molecular weight is 263 g/mol. The van der Waals surface area contributed by atoms with Crippen LogP contribution >= 0.6 is 0 Å². The van der Waals surface area contributed by atoms with Crippen LogP contribution < -0.4 is 0 Å². The second-order valence-corrected chi connectivity index (χ2v) is 5.81. The quantitative estimate of drug-likeness (QED) is 0.783. The first-order valence-corrected chi connectivity index (χ1v) is 7.27. The van der Waals surface area contributed by atoms with Crippen LogP contribution in [0.15, 0.2) is 0 Å². The number of hydrogen-bond donors (Lipinski definition) is 0. The molecule has 3 rings (SSSR count). The maximum Gasteiger partial charge on any atom is 0.360 e. The minimum Gasteiger partial charge on any atom is -0.464 e. The molecule has 0 spiro atoms. The molecule has 0 amide bonds. The van der Waals surface area contributed by atoms with Crippen molar-refractivity contribution in [3.8, 4) is 0 Å². The predicted molar refractivity (Wildman–Crippen MR) is 69.8 cm³/mol. The normalized spacial score (nSPS) is 28.8. The number of methoxy groups -OCH3 is 1. The van der Waals surface area contributed by atoms with Crippen LogP contribution in [0.5, 0.6) is 0 Å². The van der Waals surface area contributed by atoms with Gasteiger partial charge < -0.3 is 4.74 Å². The molecule has 2 aliphatic rings. The van der Waals surface area contributed by atoms with E-state index in [1.165, 1.54) is 32.8 Å². The van der Waals surface area contributed by atoms with Crippen molar-refractivity contribution < 1.29 is 9.53 Å². The summed E-state index contributed by atoms with van der Waals surface area (Å²) in [7, 11) is 1.40. The van der Waals surface area contributed by atoms with E-state index in [1.807, 2.05) is 4.68 Å². The molecule has 0 aromatic carbocycles. The Morgan fingerprint density at radius 2 is 2.26 bits per heavy atom. The first-order valence-electron chi connectivity index (χ1n) is 7.27. The van der Waals surface area contributed by atoms with Gasteiger partial charge in [-0.2, -0.15) is 0 Å². The van der Waals surface area contributed by atoms with Crippen LogP contribution in [0.1, 0.15) is 61.3 Å². The van der Waals surface area contributed by atoms with E-state index < -0.39 is 0 Å². The molecule has 3 unspecified atom stereocenters. The lowest BCUT2D eigenvalue weighted by Crippen LogP contribution is -2.20. The van der Waals surface area contributed by atoms with Gasteiger partial charge in [0.2, 0.25) is 0 Å². The monoisotopic (exact) mass is 263 g/mol. The van der Waals surface area contributed by atoms with E-state index in [0.29, 0.717) is 11.7 Å². The molecule has 2 fully saturated rings. The number of ether oxygens (including phenoxy) is 1. The van der Waals surface area contributed by atoms with Gasteiger partial charge in [0.1, 0.15) is 0 Å². The Labute approximate surface area is 113 Å². The van der Waals surface area contributed by atoms with E-state index in [-0.39, 0.29) is 5.97 Å². The molecule has 0 saturated heterocycles. The molecule has 1 aromatic heterocycles. The van der Waals surface area contributed by atoms with Crippen molar-refractivity contribution in [3.05, 3.63) is 11.4 Å². The molecule has 2 bridgehead atoms. The minimum atomic E-state index is -0.363. The Balaban J connectivity index is 1.92. The Hall–Kier alpha value is -1.39. The molecule has 0 aliphatic heterocycles. The summed E-state index contributed by atoms with van der Waals surface area (Å²) in [5.41, 5.74) is 1.37. The number of hydrogen-bond acceptors (Lipinski definition) is 4. The number of carbonyl (C=O) groups excluding carboxylic acids is 1. The Morgan fingerprint density at radius 1 is 1.42 bits per heavy atom. The molecule has 3 atom stereocenters. The zero-order valence-corrected chi connectivity index (χ0v) is 11.6. The minimum absolute atomic E-state index is 0.363. The van der Waals surface area contributed by atoms with Crippen molar-refractivity contribution in [1.29, 1.82) is 0 Å². The van der Waals surface area contributed by atoms with Gasteiger partial charge in [0.05, 0.1) is 18.8 Å². The van der Waals surface area contributed by atoms with Gasteiger partial charge in [-0.3, -0.25) is 0 Å². The fraction of sp³-hybridized carbons (Fsp3) is 0.786. The van der Waals surface area contributed by atoms with Crippen molar-refractivity contribution in [2.24, 2.45) is 11.8 Å². The van der Waals surface area contributed by atoms with Gasteiger partial charge in [0.15, 0.2) is 5.69 Å². The summed E-state index contributed by atoms with van der Waals surface area (Å²) in [4.78, 5) is 11.8. The lowest BCUT2D eigenvalue weighted by molar-refractivity contribution is 0.0592. The molecule has 19 heavy (non-hydrogen) atoms. The highest BCUT2D eigenvalue weighted by molar-refractivity contribution is 5.88. The molecule has 104 valence electrons. The first-order chi connectivity index (χ1) is 9.24. The third-order valence-electron chi connectivity index (χ3n) is 4.67. The molecule has 2 aliphatic carbocycles. The van der Waals surface area contributed by atoms with Gasteiger partial charge in [0.25, 0.3) is 0 Å². The summed E-state index contributed by atoms with van der Waals surface area (Å²) < 4.78 is 6.83. The number of esters is 1. The van der Waals surface area contributed by atoms with Crippen molar-refractivity contribution in [3.63, 3.8) is 0 Å². The lowest BCUT2D eigenvalue weighted by atomic mass is 9.95. The van der Waals surface area contributed by atoms with E-state index in [0.717, 1.165) is 30.4 Å². The fourth-order valence-corrected chi connectivity index (χ4v) is 3.82. The summed E-state index contributed by atoms with van der Waals surface area (Å²) in [5.74, 6) is 1.22. The lowest BCUT2D eigenvalue weighted by Gasteiger charge is -2.23. The SMILES string of the molecule is CCCc1c(C(=O)OC)nnn1C1CC2CCC1C2. The summed E-state index contributed by atoms with van der Waals surface area (Å²) >= 11 is 0. The van der Waals surface area contributed by atoms with Crippen molar-refractivity contribution in [2.45, 2.75) is 51.5 Å². The van der Waals surface area contributed by atoms with Crippen molar-refractivity contribution in [1.82, 2.24) is 15.0 Å². The van der Waals surface area contributed by atoms with Crippen LogP contribution in [0.4, 0.5) is 0 Å². The highest BCUT2D eigenvalue weighted by Crippen LogP contribution is 2.50. The highest BCUT2D eigenvalue weighted by atomic mass is 16.5. The van der Waals surface area contributed by atoms with E-state index >= 15 is 0 Å². The Morgan fingerprint density at radius 3 is 2.84 bits per heavy atom. The number of rotatable bonds is 4. The molecule has 0 radical (unpaired) electrons. The van der Waals surface area contributed by atoms with Crippen LogP contribution in [0, 0.1) is 11.8 Å². The maximum absolute atomic E-state index is 11.8. The molecule has 5 nitrogen and oxygen atoms in total. The van der Waals surface area contributed by atoms with Crippen molar-refractivity contribution >= 4 is 5.97 Å². The van der Waals surface area contributed by atoms with E-state index in [9.17, 15) is 4.79 Å². The third-order valence-corrected chi connectivity index (χ3v) is 4.67. The first kappa shape index (κ1) is 12.6. The Kier molecular flexibility index (Phi) is 3.29. The average Bonchev–Trinajstić information content (AvgIpc) is 3.12. The second kappa shape index (κ2) is 4.94. The summed E-state index contributed by atoms with van der Waals surface area (Å²) in [5, 5.41) is 8.34. The van der Waals surface area contributed by atoms with Gasteiger partial charge in [-0.15, -0.1) is 5.10 Å². The van der Waals surface area contributed by atoms with E-state index in [2.05, 4.69) is 17.2 Å². The van der Waals surface area contributed by atoms with Gasteiger partial charge in [0, 0.05) is 0 Å².